The maximum absolute atomic E-state index is 12.5. The van der Waals surface area contributed by atoms with Gasteiger partial charge in [0.1, 0.15) is 18.8 Å². The zero-order valence-corrected chi connectivity index (χ0v) is 13.8. The van der Waals surface area contributed by atoms with Crippen LogP contribution >= 0.6 is 0 Å². The maximum atomic E-state index is 12.5. The van der Waals surface area contributed by atoms with E-state index in [0.717, 1.165) is 0 Å². The first-order chi connectivity index (χ1) is 12.5. The molecule has 0 bridgehead atoms. The number of benzene rings is 1. The second kappa shape index (κ2) is 7.64. The number of nitrogens with one attached hydrogen (secondary N) is 1. The molecule has 1 aliphatic heterocycles. The Morgan fingerprint density at radius 3 is 2.73 bits per heavy atom. The number of fused-ring (bicyclic) bond motifs is 1. The maximum Gasteiger partial charge on any atom is 0.327 e. The lowest BCUT2D eigenvalue weighted by Gasteiger charge is -2.28. The molecule has 134 valence electrons. The third kappa shape index (κ3) is 4.15. The summed E-state index contributed by atoms with van der Waals surface area (Å²) in [4.78, 5) is 40.4. The fourth-order valence-electron chi connectivity index (χ4n) is 2.61. The van der Waals surface area contributed by atoms with Crippen molar-refractivity contribution in [2.45, 2.75) is 12.8 Å². The van der Waals surface area contributed by atoms with Gasteiger partial charge in [0.2, 0.25) is 0 Å². The normalized spacial score (nSPS) is 12.7. The van der Waals surface area contributed by atoms with E-state index in [1.54, 1.807) is 18.2 Å². The minimum Gasteiger partial charge on any atom is -0.488 e. The number of Topliss-reactive ketones (excluding diaryl/α,β-unsaturated/α-hetero) is 1. The number of hydrogen-bond donors (Lipinski definition) is 2. The molecular formula is C18H17N3O5. The molecule has 2 amide bonds. The lowest BCUT2D eigenvalue weighted by atomic mass is 10.1. The van der Waals surface area contributed by atoms with Crippen molar-refractivity contribution in [2.24, 2.45) is 0 Å². The molecule has 1 aromatic heterocycles. The summed E-state index contributed by atoms with van der Waals surface area (Å²) >= 11 is 0. The van der Waals surface area contributed by atoms with E-state index in [9.17, 15) is 14.4 Å². The molecule has 1 aromatic carbocycles. The number of hydrogen-bond acceptors (Lipinski definition) is 5. The Bertz CT molecular complexity index is 838. The highest BCUT2D eigenvalue weighted by Crippen LogP contribution is 2.30. The van der Waals surface area contributed by atoms with Gasteiger partial charge in [0.25, 0.3) is 0 Å². The van der Waals surface area contributed by atoms with Crippen LogP contribution in [0.1, 0.15) is 12.0 Å². The minimum atomic E-state index is -1.17. The Morgan fingerprint density at radius 1 is 1.23 bits per heavy atom. The van der Waals surface area contributed by atoms with Crippen LogP contribution in [0, 0.1) is 0 Å². The first kappa shape index (κ1) is 17.4. The predicted octanol–water partition coefficient (Wildman–Crippen LogP) is 2.10. The molecule has 0 unspecified atom stereocenters. The first-order valence-corrected chi connectivity index (χ1v) is 8.01. The van der Waals surface area contributed by atoms with E-state index in [-0.39, 0.29) is 12.5 Å². The number of aliphatic carboxylic acids is 1. The Hall–Kier alpha value is -3.42. The number of ketones is 1. The molecule has 0 atom stereocenters. The third-order valence-electron chi connectivity index (χ3n) is 3.74. The summed E-state index contributed by atoms with van der Waals surface area (Å²) in [6.07, 6.45) is 0.867. The molecule has 3 rings (SSSR count). The Morgan fingerprint density at radius 2 is 2.00 bits per heavy atom. The van der Waals surface area contributed by atoms with E-state index >= 15 is 0 Å². The van der Waals surface area contributed by atoms with Gasteiger partial charge in [-0.15, -0.1) is 0 Å². The molecule has 26 heavy (non-hydrogen) atoms. The summed E-state index contributed by atoms with van der Waals surface area (Å²) in [5.41, 5.74) is 1.21. The van der Waals surface area contributed by atoms with Crippen LogP contribution in [0.25, 0.3) is 0 Å². The zero-order chi connectivity index (χ0) is 18.5. The van der Waals surface area contributed by atoms with Crippen LogP contribution in [0.15, 0.2) is 42.6 Å². The fraction of sp³-hybridized carbons (Fsp3) is 0.222. The number of rotatable bonds is 5. The van der Waals surface area contributed by atoms with Crippen molar-refractivity contribution in [2.75, 3.05) is 23.4 Å². The summed E-state index contributed by atoms with van der Waals surface area (Å²) in [6, 6.07) is 10.3. The second-order valence-corrected chi connectivity index (χ2v) is 5.75. The molecule has 0 aliphatic carbocycles. The number of aromatic nitrogens is 1. The molecule has 8 heteroatoms. The van der Waals surface area contributed by atoms with Gasteiger partial charge in [-0.05, 0) is 23.8 Å². The van der Waals surface area contributed by atoms with Crippen molar-refractivity contribution >= 4 is 29.3 Å². The predicted molar refractivity (Wildman–Crippen MR) is 93.5 cm³/mol. The SMILES string of the molecule is O=C(O)CC(=O)Cc1cnc2c(c1)OCCN2C(=O)Nc1ccccc1. The van der Waals surface area contributed by atoms with Crippen molar-refractivity contribution in [3.05, 3.63) is 48.2 Å². The van der Waals surface area contributed by atoms with Crippen molar-refractivity contribution in [3.8, 4) is 5.75 Å². The van der Waals surface area contributed by atoms with E-state index in [1.165, 1.54) is 11.1 Å². The summed E-state index contributed by atoms with van der Waals surface area (Å²) in [5, 5.41) is 11.5. The zero-order valence-electron chi connectivity index (χ0n) is 13.8. The van der Waals surface area contributed by atoms with Crippen molar-refractivity contribution in [3.63, 3.8) is 0 Å². The fourth-order valence-corrected chi connectivity index (χ4v) is 2.61. The van der Waals surface area contributed by atoms with Gasteiger partial charge in [-0.25, -0.2) is 9.78 Å². The van der Waals surface area contributed by atoms with Gasteiger partial charge >= 0.3 is 12.0 Å². The van der Waals surface area contributed by atoms with Crippen LogP contribution in [-0.2, 0) is 16.0 Å². The number of carbonyl (C=O) groups is 3. The molecule has 0 radical (unpaired) electrons. The molecule has 0 fully saturated rings. The Labute approximate surface area is 149 Å². The Kier molecular flexibility index (Phi) is 5.12. The number of pyridine rings is 1. The summed E-state index contributed by atoms with van der Waals surface area (Å²) < 4.78 is 5.55. The smallest absolute Gasteiger partial charge is 0.327 e. The highest BCUT2D eigenvalue weighted by Gasteiger charge is 2.26. The quantitative estimate of drug-likeness (QED) is 0.795. The van der Waals surface area contributed by atoms with Gasteiger partial charge in [0.05, 0.1) is 6.54 Å². The largest absolute Gasteiger partial charge is 0.488 e. The van der Waals surface area contributed by atoms with E-state index in [4.69, 9.17) is 9.84 Å². The number of nitrogens with zero attached hydrogens (tertiary/aromatic N) is 2. The van der Waals surface area contributed by atoms with Crippen LogP contribution < -0.4 is 15.0 Å². The summed E-state index contributed by atoms with van der Waals surface area (Å²) in [5.74, 6) is -0.839. The number of carbonyl (C=O) groups excluding carboxylic acids is 2. The third-order valence-corrected chi connectivity index (χ3v) is 3.74. The van der Waals surface area contributed by atoms with E-state index in [0.29, 0.717) is 36.0 Å². The number of para-hydroxylation sites is 1. The summed E-state index contributed by atoms with van der Waals surface area (Å²) in [7, 11) is 0. The topological polar surface area (TPSA) is 109 Å². The Balaban J connectivity index is 1.74. The van der Waals surface area contributed by atoms with Gasteiger partial charge in [-0.2, -0.15) is 0 Å². The van der Waals surface area contributed by atoms with Crippen LogP contribution in [0.5, 0.6) is 5.75 Å². The van der Waals surface area contributed by atoms with Gasteiger partial charge in [0, 0.05) is 18.3 Å². The van der Waals surface area contributed by atoms with Gasteiger partial charge < -0.3 is 15.2 Å². The lowest BCUT2D eigenvalue weighted by molar-refractivity contribution is -0.140. The van der Waals surface area contributed by atoms with Crippen molar-refractivity contribution < 1.29 is 24.2 Å². The molecule has 8 nitrogen and oxygen atoms in total. The number of carboxylic acids is 1. The van der Waals surface area contributed by atoms with Crippen LogP contribution in [-0.4, -0.2) is 41.0 Å². The standard InChI is InChI=1S/C18H17N3O5/c22-14(10-16(23)24)8-12-9-15-17(19-11-12)21(6-7-26-15)18(25)20-13-4-2-1-3-5-13/h1-5,9,11H,6-8,10H2,(H,20,25)(H,23,24). The number of amides is 2. The van der Waals surface area contributed by atoms with Gasteiger partial charge in [0.15, 0.2) is 11.6 Å². The van der Waals surface area contributed by atoms with Crippen molar-refractivity contribution in [1.82, 2.24) is 4.98 Å². The van der Waals surface area contributed by atoms with E-state index in [1.807, 2.05) is 18.2 Å². The number of urea groups is 1. The van der Waals surface area contributed by atoms with Gasteiger partial charge in [-0.3, -0.25) is 14.5 Å². The number of carboxylic acid groups (broad SMARTS) is 1. The first-order valence-electron chi connectivity index (χ1n) is 8.01. The van der Waals surface area contributed by atoms with E-state index < -0.39 is 18.2 Å². The molecule has 0 saturated carbocycles. The van der Waals surface area contributed by atoms with Gasteiger partial charge in [-0.1, -0.05) is 18.2 Å². The molecule has 2 aromatic rings. The average Bonchev–Trinajstić information content (AvgIpc) is 2.61. The van der Waals surface area contributed by atoms with Crippen molar-refractivity contribution in [1.29, 1.82) is 0 Å². The monoisotopic (exact) mass is 355 g/mol. The minimum absolute atomic E-state index is 0.0495. The van der Waals surface area contributed by atoms with Crippen LogP contribution in [0.3, 0.4) is 0 Å². The molecular weight excluding hydrogens is 338 g/mol. The molecule has 0 spiro atoms. The lowest BCUT2D eigenvalue weighted by Crippen LogP contribution is -2.41. The highest BCUT2D eigenvalue weighted by molar-refractivity contribution is 6.02. The number of anilines is 2. The highest BCUT2D eigenvalue weighted by atomic mass is 16.5. The summed E-state index contributed by atoms with van der Waals surface area (Å²) in [6.45, 7) is 0.638. The number of ether oxygens (including phenoxy) is 1. The average molecular weight is 355 g/mol. The van der Waals surface area contributed by atoms with E-state index in [2.05, 4.69) is 10.3 Å². The molecule has 2 N–H and O–H groups in total. The second-order valence-electron chi connectivity index (χ2n) is 5.75. The molecule has 1 aliphatic rings. The molecule has 2 heterocycles. The molecule has 0 saturated heterocycles. The van der Waals surface area contributed by atoms with Crippen LogP contribution in [0.2, 0.25) is 0 Å². The van der Waals surface area contributed by atoms with Crippen LogP contribution in [0.4, 0.5) is 16.3 Å².